The van der Waals surface area contributed by atoms with E-state index in [-0.39, 0.29) is 29.0 Å². The Labute approximate surface area is 126 Å². The Balaban J connectivity index is 2.25. The summed E-state index contributed by atoms with van der Waals surface area (Å²) in [5, 5.41) is 0. The summed E-state index contributed by atoms with van der Waals surface area (Å²) in [7, 11) is -3.06. The Morgan fingerprint density at radius 3 is 2.65 bits per heavy atom. The van der Waals surface area contributed by atoms with E-state index in [1.165, 1.54) is 23.1 Å². The lowest BCUT2D eigenvalue weighted by Gasteiger charge is -2.27. The molecular formula is C13H15BrFNO3S. The molecule has 0 bridgehead atoms. The summed E-state index contributed by atoms with van der Waals surface area (Å²) in [6.45, 7) is 2.18. The molecule has 1 unspecified atom stereocenters. The number of benzene rings is 1. The van der Waals surface area contributed by atoms with Crippen molar-refractivity contribution < 1.29 is 17.6 Å². The van der Waals surface area contributed by atoms with Gasteiger partial charge in [0, 0.05) is 22.6 Å². The number of sulfone groups is 1. The summed E-state index contributed by atoms with van der Waals surface area (Å²) >= 11 is 3.15. The minimum Gasteiger partial charge on any atom is -0.335 e. The molecule has 0 N–H and O–H groups in total. The summed E-state index contributed by atoms with van der Waals surface area (Å²) in [6.07, 6.45) is 0.443. The van der Waals surface area contributed by atoms with Crippen LogP contribution in [0.4, 0.5) is 4.39 Å². The Hall–Kier alpha value is -0.950. The maximum Gasteiger partial charge on any atom is 0.254 e. The molecule has 1 amide bonds. The van der Waals surface area contributed by atoms with E-state index in [4.69, 9.17) is 0 Å². The highest BCUT2D eigenvalue weighted by Gasteiger charge is 2.34. The van der Waals surface area contributed by atoms with Crippen molar-refractivity contribution in [3.8, 4) is 0 Å². The van der Waals surface area contributed by atoms with Crippen molar-refractivity contribution in [2.24, 2.45) is 0 Å². The van der Waals surface area contributed by atoms with Gasteiger partial charge >= 0.3 is 0 Å². The first-order valence-corrected chi connectivity index (χ1v) is 8.91. The summed E-state index contributed by atoms with van der Waals surface area (Å²) in [6, 6.07) is 3.66. The predicted octanol–water partition coefficient (Wildman–Crippen LogP) is 2.24. The van der Waals surface area contributed by atoms with E-state index >= 15 is 0 Å². The number of hydrogen-bond donors (Lipinski definition) is 0. The van der Waals surface area contributed by atoms with Crippen LogP contribution in [0.5, 0.6) is 0 Å². The summed E-state index contributed by atoms with van der Waals surface area (Å²) < 4.78 is 36.9. The summed E-state index contributed by atoms with van der Waals surface area (Å²) in [5.41, 5.74) is 0.225. The van der Waals surface area contributed by atoms with Gasteiger partial charge in [-0.25, -0.2) is 12.8 Å². The molecule has 1 aromatic carbocycles. The van der Waals surface area contributed by atoms with Gasteiger partial charge in [0.15, 0.2) is 9.84 Å². The molecule has 1 aliphatic heterocycles. The minimum atomic E-state index is -3.06. The lowest BCUT2D eigenvalue weighted by atomic mass is 10.1. The second kappa shape index (κ2) is 5.81. The molecule has 7 heteroatoms. The zero-order chi connectivity index (χ0) is 14.9. The number of carbonyl (C=O) groups excluding carboxylic acids is 1. The fourth-order valence-corrected chi connectivity index (χ4v) is 4.63. The van der Waals surface area contributed by atoms with Crippen LogP contribution in [0.3, 0.4) is 0 Å². The van der Waals surface area contributed by atoms with Gasteiger partial charge in [-0.2, -0.15) is 0 Å². The van der Waals surface area contributed by atoms with Crippen LogP contribution in [0, 0.1) is 5.82 Å². The van der Waals surface area contributed by atoms with Crippen molar-refractivity contribution in [3.63, 3.8) is 0 Å². The van der Waals surface area contributed by atoms with Crippen LogP contribution in [-0.4, -0.2) is 43.3 Å². The van der Waals surface area contributed by atoms with Gasteiger partial charge in [0.2, 0.25) is 0 Å². The second-order valence-corrected chi connectivity index (χ2v) is 7.95. The lowest BCUT2D eigenvalue weighted by Crippen LogP contribution is -2.41. The van der Waals surface area contributed by atoms with Gasteiger partial charge < -0.3 is 4.90 Å². The molecule has 1 heterocycles. The molecule has 110 valence electrons. The van der Waals surface area contributed by atoms with Gasteiger partial charge in [-0.15, -0.1) is 0 Å². The monoisotopic (exact) mass is 363 g/mol. The van der Waals surface area contributed by atoms with Crippen LogP contribution in [0.2, 0.25) is 0 Å². The van der Waals surface area contributed by atoms with Crippen LogP contribution in [0.1, 0.15) is 23.7 Å². The third kappa shape index (κ3) is 3.38. The van der Waals surface area contributed by atoms with E-state index in [0.29, 0.717) is 17.4 Å². The molecule has 0 aliphatic carbocycles. The molecule has 1 fully saturated rings. The van der Waals surface area contributed by atoms with Gasteiger partial charge in [0.25, 0.3) is 5.91 Å². The van der Waals surface area contributed by atoms with E-state index in [0.717, 1.165) is 0 Å². The molecule has 1 saturated heterocycles. The van der Waals surface area contributed by atoms with E-state index in [9.17, 15) is 17.6 Å². The Morgan fingerprint density at radius 2 is 2.15 bits per heavy atom. The van der Waals surface area contributed by atoms with Crippen LogP contribution < -0.4 is 0 Å². The summed E-state index contributed by atoms with van der Waals surface area (Å²) in [4.78, 5) is 13.9. The van der Waals surface area contributed by atoms with Crippen molar-refractivity contribution >= 4 is 31.7 Å². The average Bonchev–Trinajstić information content (AvgIpc) is 2.69. The first kappa shape index (κ1) is 15.4. The maximum absolute atomic E-state index is 13.4. The SMILES string of the molecule is CCN(C(=O)c1cc(F)cc(Br)c1)C1CCS(=O)(=O)C1. The van der Waals surface area contributed by atoms with Crippen molar-refractivity contribution in [2.75, 3.05) is 18.1 Å². The van der Waals surface area contributed by atoms with Crippen molar-refractivity contribution in [1.82, 2.24) is 4.90 Å². The number of halogens is 2. The summed E-state index contributed by atoms with van der Waals surface area (Å²) in [5.74, 6) is -0.746. The fourth-order valence-electron chi connectivity index (χ4n) is 2.43. The van der Waals surface area contributed by atoms with Gasteiger partial charge in [-0.1, -0.05) is 15.9 Å². The van der Waals surface area contributed by atoms with Gasteiger partial charge in [-0.05, 0) is 31.5 Å². The van der Waals surface area contributed by atoms with Crippen molar-refractivity contribution in [2.45, 2.75) is 19.4 Å². The highest BCUT2D eigenvalue weighted by molar-refractivity contribution is 9.10. The molecule has 0 spiro atoms. The molecule has 0 saturated carbocycles. The zero-order valence-electron chi connectivity index (χ0n) is 11.0. The molecule has 0 aromatic heterocycles. The average molecular weight is 364 g/mol. The van der Waals surface area contributed by atoms with Gasteiger partial charge in [-0.3, -0.25) is 4.79 Å². The quantitative estimate of drug-likeness (QED) is 0.827. The zero-order valence-corrected chi connectivity index (χ0v) is 13.4. The smallest absolute Gasteiger partial charge is 0.254 e. The highest BCUT2D eigenvalue weighted by Crippen LogP contribution is 2.22. The Bertz CT molecular complexity index is 612. The number of carbonyl (C=O) groups is 1. The minimum absolute atomic E-state index is 0.0108. The largest absolute Gasteiger partial charge is 0.335 e. The molecule has 1 aromatic rings. The van der Waals surface area contributed by atoms with Crippen LogP contribution in [0.25, 0.3) is 0 Å². The number of amides is 1. The number of rotatable bonds is 3. The Kier molecular flexibility index (Phi) is 4.49. The van der Waals surface area contributed by atoms with Gasteiger partial charge in [0.05, 0.1) is 11.5 Å². The number of hydrogen-bond acceptors (Lipinski definition) is 3. The van der Waals surface area contributed by atoms with Crippen molar-refractivity contribution in [1.29, 1.82) is 0 Å². The molecule has 4 nitrogen and oxygen atoms in total. The normalized spacial score (nSPS) is 20.9. The molecule has 0 radical (unpaired) electrons. The topological polar surface area (TPSA) is 54.5 Å². The van der Waals surface area contributed by atoms with Gasteiger partial charge in [0.1, 0.15) is 5.82 Å². The predicted molar refractivity (Wildman–Crippen MR) is 77.9 cm³/mol. The molecule has 1 aliphatic rings. The van der Waals surface area contributed by atoms with Crippen LogP contribution in [0.15, 0.2) is 22.7 Å². The second-order valence-electron chi connectivity index (χ2n) is 4.81. The maximum atomic E-state index is 13.4. The molecule has 20 heavy (non-hydrogen) atoms. The lowest BCUT2D eigenvalue weighted by molar-refractivity contribution is 0.0708. The van der Waals surface area contributed by atoms with E-state index in [2.05, 4.69) is 15.9 Å². The molecular weight excluding hydrogens is 349 g/mol. The first-order chi connectivity index (χ1) is 9.32. The third-order valence-corrected chi connectivity index (χ3v) is 5.57. The van der Waals surface area contributed by atoms with Crippen molar-refractivity contribution in [3.05, 3.63) is 34.1 Å². The third-order valence-electron chi connectivity index (χ3n) is 3.36. The number of nitrogens with zero attached hydrogens (tertiary/aromatic N) is 1. The Morgan fingerprint density at radius 1 is 1.45 bits per heavy atom. The van der Waals surface area contributed by atoms with Crippen LogP contribution >= 0.6 is 15.9 Å². The van der Waals surface area contributed by atoms with Crippen LogP contribution in [-0.2, 0) is 9.84 Å². The van der Waals surface area contributed by atoms with E-state index in [1.807, 2.05) is 0 Å². The highest BCUT2D eigenvalue weighted by atomic mass is 79.9. The molecule has 2 rings (SSSR count). The standard InChI is InChI=1S/C13H15BrFNO3S/c1-2-16(12-3-4-20(18,19)8-12)13(17)9-5-10(14)7-11(15)6-9/h5-7,12H,2-4,8H2,1H3. The first-order valence-electron chi connectivity index (χ1n) is 6.30. The van der Waals surface area contributed by atoms with E-state index < -0.39 is 15.7 Å². The fraction of sp³-hybridized carbons (Fsp3) is 0.462. The van der Waals surface area contributed by atoms with E-state index in [1.54, 1.807) is 6.92 Å². The molecule has 1 atom stereocenters.